The minimum absolute atomic E-state index is 0.0992. The molecule has 26 heavy (non-hydrogen) atoms. The lowest BCUT2D eigenvalue weighted by Crippen LogP contribution is -2.58. The van der Waals surface area contributed by atoms with Crippen LogP contribution in [0, 0.1) is 5.92 Å². The van der Waals surface area contributed by atoms with Gasteiger partial charge < -0.3 is 9.84 Å². The maximum atomic E-state index is 13.2. The number of carbonyl (C=O) groups is 2. The number of hydrogen-bond acceptors (Lipinski definition) is 4. The van der Waals surface area contributed by atoms with Crippen molar-refractivity contribution in [3.8, 4) is 0 Å². The van der Waals surface area contributed by atoms with Gasteiger partial charge >= 0.3 is 0 Å². The van der Waals surface area contributed by atoms with Crippen LogP contribution < -0.4 is 0 Å². The molecule has 1 heterocycles. The Morgan fingerprint density at radius 3 is 2.62 bits per heavy atom. The van der Waals surface area contributed by atoms with Crippen LogP contribution in [0.1, 0.15) is 39.2 Å². The number of carbonyl (C=O) groups excluding carboxylic acids is 2. The smallest absolute Gasteiger partial charge is 0.261 e. The van der Waals surface area contributed by atoms with Gasteiger partial charge in [-0.2, -0.15) is 0 Å². The standard InChI is InChI=1S/C21H25NO4/c1-14-18(16-7-5-4-6-8-16)20(25)22(13-26-14)21(2,3)19(24)17-10-9-15(11-17)12-23/h4-8,11-12,17,19,24H,9-10,13H2,1-3H3. The molecule has 5 heteroatoms. The van der Waals surface area contributed by atoms with E-state index in [-0.39, 0.29) is 18.6 Å². The number of aliphatic hydroxyl groups excluding tert-OH is 1. The summed E-state index contributed by atoms with van der Waals surface area (Å²) in [5.74, 6) is 0.290. The van der Waals surface area contributed by atoms with Gasteiger partial charge in [-0.15, -0.1) is 0 Å². The molecular formula is C21H25NO4. The SMILES string of the molecule is CC1=C(c2ccccc2)C(=O)N(C(C)(C)C(O)C2C=C(C=O)CC2)CO1. The molecule has 0 bridgehead atoms. The molecule has 0 saturated carbocycles. The zero-order chi connectivity index (χ0) is 18.9. The van der Waals surface area contributed by atoms with E-state index in [2.05, 4.69) is 0 Å². The van der Waals surface area contributed by atoms with Crippen LogP contribution in [0.15, 0.2) is 47.7 Å². The Kier molecular flexibility index (Phi) is 5.01. The van der Waals surface area contributed by atoms with E-state index in [1.165, 1.54) is 0 Å². The number of amides is 1. The monoisotopic (exact) mass is 355 g/mol. The van der Waals surface area contributed by atoms with Crippen molar-refractivity contribution in [2.75, 3.05) is 6.73 Å². The molecule has 1 aliphatic carbocycles. The topological polar surface area (TPSA) is 66.8 Å². The van der Waals surface area contributed by atoms with Gasteiger partial charge in [0.1, 0.15) is 12.0 Å². The van der Waals surface area contributed by atoms with Crippen LogP contribution in [0.25, 0.3) is 5.57 Å². The van der Waals surface area contributed by atoms with Gasteiger partial charge in [-0.3, -0.25) is 14.5 Å². The third-order valence-electron chi connectivity index (χ3n) is 5.45. The largest absolute Gasteiger partial charge is 0.477 e. The fourth-order valence-corrected chi connectivity index (χ4v) is 3.74. The van der Waals surface area contributed by atoms with Gasteiger partial charge in [0.05, 0.1) is 17.2 Å². The summed E-state index contributed by atoms with van der Waals surface area (Å²) in [6.07, 6.45) is 3.26. The first-order valence-corrected chi connectivity index (χ1v) is 8.91. The third kappa shape index (κ3) is 3.19. The van der Waals surface area contributed by atoms with Gasteiger partial charge in [0.15, 0.2) is 6.73 Å². The zero-order valence-electron chi connectivity index (χ0n) is 15.4. The highest BCUT2D eigenvalue weighted by molar-refractivity contribution is 6.20. The number of aliphatic hydroxyl groups is 1. The second kappa shape index (κ2) is 7.08. The van der Waals surface area contributed by atoms with E-state index in [1.807, 2.05) is 50.3 Å². The molecule has 5 nitrogen and oxygen atoms in total. The number of benzene rings is 1. The van der Waals surface area contributed by atoms with Gasteiger partial charge in [-0.05, 0) is 44.7 Å². The molecule has 2 unspecified atom stereocenters. The summed E-state index contributed by atoms with van der Waals surface area (Å²) in [7, 11) is 0. The molecule has 0 spiro atoms. The van der Waals surface area contributed by atoms with E-state index in [0.29, 0.717) is 29.7 Å². The lowest BCUT2D eigenvalue weighted by molar-refractivity contribution is -0.147. The van der Waals surface area contributed by atoms with E-state index in [1.54, 1.807) is 11.8 Å². The molecule has 0 saturated heterocycles. The number of aldehydes is 1. The Labute approximate surface area is 154 Å². The molecule has 0 radical (unpaired) electrons. The van der Waals surface area contributed by atoms with Gasteiger partial charge in [0.25, 0.3) is 5.91 Å². The highest BCUT2D eigenvalue weighted by Crippen LogP contribution is 2.36. The quantitative estimate of drug-likeness (QED) is 0.825. The number of hydrogen-bond donors (Lipinski definition) is 1. The summed E-state index contributed by atoms with van der Waals surface area (Å²) in [6, 6.07) is 9.42. The fourth-order valence-electron chi connectivity index (χ4n) is 3.74. The molecule has 1 N–H and O–H groups in total. The minimum Gasteiger partial charge on any atom is -0.477 e. The first kappa shape index (κ1) is 18.4. The number of rotatable bonds is 5. The predicted octanol–water partition coefficient (Wildman–Crippen LogP) is 2.91. The maximum absolute atomic E-state index is 13.2. The first-order valence-electron chi connectivity index (χ1n) is 8.91. The van der Waals surface area contributed by atoms with E-state index in [9.17, 15) is 14.7 Å². The van der Waals surface area contributed by atoms with Gasteiger partial charge in [-0.25, -0.2) is 0 Å². The first-order chi connectivity index (χ1) is 12.4. The van der Waals surface area contributed by atoms with Gasteiger partial charge in [-0.1, -0.05) is 36.4 Å². The summed E-state index contributed by atoms with van der Waals surface area (Å²) in [6.45, 7) is 5.57. The molecule has 2 atom stereocenters. The Morgan fingerprint density at radius 2 is 2.00 bits per heavy atom. The van der Waals surface area contributed by atoms with Gasteiger partial charge in [0, 0.05) is 5.92 Å². The summed E-state index contributed by atoms with van der Waals surface area (Å²) in [5, 5.41) is 11.0. The number of allylic oxidation sites excluding steroid dienone is 2. The molecule has 0 fully saturated rings. The van der Waals surface area contributed by atoms with Crippen LogP contribution in [0.3, 0.4) is 0 Å². The molecule has 0 aromatic heterocycles. The Hall–Kier alpha value is -2.40. The summed E-state index contributed by atoms with van der Waals surface area (Å²) in [4.78, 5) is 25.8. The minimum atomic E-state index is -0.836. The zero-order valence-corrected chi connectivity index (χ0v) is 15.4. The van der Waals surface area contributed by atoms with Crippen LogP contribution in [-0.4, -0.2) is 40.6 Å². The van der Waals surface area contributed by atoms with Crippen molar-refractivity contribution in [1.29, 1.82) is 0 Å². The molecular weight excluding hydrogens is 330 g/mol. The lowest BCUT2D eigenvalue weighted by Gasteiger charge is -2.45. The third-order valence-corrected chi connectivity index (χ3v) is 5.45. The summed E-state index contributed by atoms with van der Waals surface area (Å²) in [5.41, 5.74) is 1.20. The van der Waals surface area contributed by atoms with E-state index in [0.717, 1.165) is 11.8 Å². The molecule has 138 valence electrons. The molecule has 1 amide bonds. The van der Waals surface area contributed by atoms with Crippen molar-refractivity contribution in [3.63, 3.8) is 0 Å². The summed E-state index contributed by atoms with van der Waals surface area (Å²) < 4.78 is 5.77. The van der Waals surface area contributed by atoms with Crippen LogP contribution in [-0.2, 0) is 14.3 Å². The van der Waals surface area contributed by atoms with Crippen LogP contribution in [0.5, 0.6) is 0 Å². The lowest BCUT2D eigenvalue weighted by atomic mass is 9.84. The highest BCUT2D eigenvalue weighted by Gasteiger charge is 2.44. The molecule has 3 rings (SSSR count). The maximum Gasteiger partial charge on any atom is 0.261 e. The number of ether oxygens (including phenoxy) is 1. The van der Waals surface area contributed by atoms with Crippen LogP contribution >= 0.6 is 0 Å². The number of nitrogens with zero attached hydrogens (tertiary/aromatic N) is 1. The summed E-state index contributed by atoms with van der Waals surface area (Å²) >= 11 is 0. The van der Waals surface area contributed by atoms with Crippen molar-refractivity contribution in [2.24, 2.45) is 5.92 Å². The van der Waals surface area contributed by atoms with E-state index in [4.69, 9.17) is 4.74 Å². The van der Waals surface area contributed by atoms with Crippen LogP contribution in [0.2, 0.25) is 0 Å². The van der Waals surface area contributed by atoms with E-state index < -0.39 is 11.6 Å². The molecule has 1 aromatic carbocycles. The second-order valence-corrected chi connectivity index (χ2v) is 7.46. The van der Waals surface area contributed by atoms with Crippen molar-refractivity contribution >= 4 is 17.8 Å². The van der Waals surface area contributed by atoms with Crippen molar-refractivity contribution < 1.29 is 19.4 Å². The average molecular weight is 355 g/mol. The average Bonchev–Trinajstić information content (AvgIpc) is 3.11. The van der Waals surface area contributed by atoms with Crippen molar-refractivity contribution in [1.82, 2.24) is 4.90 Å². The molecule has 1 aromatic rings. The highest BCUT2D eigenvalue weighted by atomic mass is 16.5. The van der Waals surface area contributed by atoms with E-state index >= 15 is 0 Å². The second-order valence-electron chi connectivity index (χ2n) is 7.46. The molecule has 1 aliphatic heterocycles. The Morgan fingerprint density at radius 1 is 1.31 bits per heavy atom. The van der Waals surface area contributed by atoms with Gasteiger partial charge in [0.2, 0.25) is 0 Å². The Balaban J connectivity index is 1.88. The Bertz CT molecular complexity index is 763. The normalized spacial score (nSPS) is 22.2. The molecule has 2 aliphatic rings. The van der Waals surface area contributed by atoms with Crippen molar-refractivity contribution in [2.45, 2.75) is 45.3 Å². The fraction of sp³-hybridized carbons (Fsp3) is 0.429. The van der Waals surface area contributed by atoms with Crippen molar-refractivity contribution in [3.05, 3.63) is 53.3 Å². The predicted molar refractivity (Wildman–Crippen MR) is 98.8 cm³/mol. The van der Waals surface area contributed by atoms with Crippen LogP contribution in [0.4, 0.5) is 0 Å².